The molecular weight excluding hydrogens is 222 g/mol. The van der Waals surface area contributed by atoms with Crippen LogP contribution >= 0.6 is 15.9 Å². The molecule has 0 saturated carbocycles. The highest BCUT2D eigenvalue weighted by Gasteiger charge is 2.09. The Hall–Kier alpha value is -1.03. The first-order chi connectivity index (χ1) is 5.92. The average molecular weight is 228 g/mol. The molecular formula is C8H6BrNO2. The summed E-state index contributed by atoms with van der Waals surface area (Å²) in [6, 6.07) is 1.84. The van der Waals surface area contributed by atoms with E-state index in [0.29, 0.717) is 5.33 Å². The molecule has 0 aliphatic heterocycles. The Morgan fingerprint density at radius 2 is 2.42 bits per heavy atom. The van der Waals surface area contributed by atoms with Crippen LogP contribution < -0.4 is 0 Å². The third-order valence-electron chi connectivity index (χ3n) is 1.55. The predicted octanol–water partition coefficient (Wildman–Crippen LogP) is 2.83. The summed E-state index contributed by atoms with van der Waals surface area (Å²) >= 11 is 3.32. The molecule has 4 heteroatoms. The van der Waals surface area contributed by atoms with E-state index < -0.39 is 0 Å². The van der Waals surface area contributed by atoms with Gasteiger partial charge in [0.05, 0.1) is 17.5 Å². The summed E-state index contributed by atoms with van der Waals surface area (Å²) in [5, 5.41) is 0.685. The van der Waals surface area contributed by atoms with Crippen molar-refractivity contribution < 1.29 is 8.83 Å². The van der Waals surface area contributed by atoms with Gasteiger partial charge in [-0.3, -0.25) is 0 Å². The van der Waals surface area contributed by atoms with Crippen molar-refractivity contribution >= 4 is 15.9 Å². The fourth-order valence-corrected chi connectivity index (χ4v) is 1.39. The normalized spacial score (nSPS) is 10.4. The molecule has 12 heavy (non-hydrogen) atoms. The first kappa shape index (κ1) is 7.61. The van der Waals surface area contributed by atoms with E-state index >= 15 is 0 Å². The molecule has 0 saturated heterocycles. The van der Waals surface area contributed by atoms with Crippen LogP contribution in [0.1, 0.15) is 5.69 Å². The molecule has 0 fully saturated rings. The monoisotopic (exact) mass is 227 g/mol. The lowest BCUT2D eigenvalue weighted by Gasteiger charge is -1.90. The molecule has 2 aromatic heterocycles. The molecule has 0 aromatic carbocycles. The highest BCUT2D eigenvalue weighted by atomic mass is 79.9. The van der Waals surface area contributed by atoms with Crippen LogP contribution in [0.3, 0.4) is 0 Å². The maximum absolute atomic E-state index is 5.20. The summed E-state index contributed by atoms with van der Waals surface area (Å²) in [6.45, 7) is 0. The van der Waals surface area contributed by atoms with Crippen molar-refractivity contribution in [1.82, 2.24) is 4.98 Å². The maximum atomic E-state index is 5.20. The van der Waals surface area contributed by atoms with E-state index in [0.717, 1.165) is 17.0 Å². The van der Waals surface area contributed by atoms with Crippen molar-refractivity contribution in [3.8, 4) is 11.3 Å². The molecule has 0 atom stereocenters. The molecule has 62 valence electrons. The van der Waals surface area contributed by atoms with Gasteiger partial charge in [-0.2, -0.15) is 0 Å². The second-order valence-electron chi connectivity index (χ2n) is 2.27. The fourth-order valence-electron chi connectivity index (χ4n) is 0.993. The molecule has 2 aromatic rings. The Bertz CT molecular complexity index is 353. The van der Waals surface area contributed by atoms with Gasteiger partial charge in [0.2, 0.25) is 0 Å². The Morgan fingerprint density at radius 1 is 1.50 bits per heavy atom. The lowest BCUT2D eigenvalue weighted by molar-refractivity contribution is 0.556. The van der Waals surface area contributed by atoms with Gasteiger partial charge in [0.15, 0.2) is 12.2 Å². The van der Waals surface area contributed by atoms with Gasteiger partial charge < -0.3 is 8.83 Å². The van der Waals surface area contributed by atoms with E-state index in [4.69, 9.17) is 8.83 Å². The molecule has 2 heterocycles. The number of hydrogen-bond acceptors (Lipinski definition) is 3. The molecule has 2 rings (SSSR count). The second-order valence-corrected chi connectivity index (χ2v) is 2.83. The van der Waals surface area contributed by atoms with Crippen LogP contribution in [0, 0.1) is 0 Å². The average Bonchev–Trinajstić information content (AvgIpc) is 2.74. The van der Waals surface area contributed by atoms with Crippen LogP contribution in [0.2, 0.25) is 0 Å². The van der Waals surface area contributed by atoms with Crippen LogP contribution in [0.4, 0.5) is 0 Å². The van der Waals surface area contributed by atoms with Gasteiger partial charge in [0.1, 0.15) is 6.26 Å². The van der Waals surface area contributed by atoms with Crippen molar-refractivity contribution in [2.24, 2.45) is 0 Å². The lowest BCUT2D eigenvalue weighted by atomic mass is 10.2. The summed E-state index contributed by atoms with van der Waals surface area (Å²) in [6.07, 6.45) is 4.67. The third kappa shape index (κ3) is 1.18. The molecule has 0 spiro atoms. The van der Waals surface area contributed by atoms with E-state index in [1.165, 1.54) is 6.39 Å². The fraction of sp³-hybridized carbons (Fsp3) is 0.125. The molecule has 0 radical (unpaired) electrons. The van der Waals surface area contributed by atoms with Gasteiger partial charge in [-0.25, -0.2) is 4.98 Å². The van der Waals surface area contributed by atoms with Gasteiger partial charge in [0, 0.05) is 5.33 Å². The summed E-state index contributed by atoms with van der Waals surface area (Å²) in [7, 11) is 0. The van der Waals surface area contributed by atoms with E-state index in [2.05, 4.69) is 20.9 Å². The maximum Gasteiger partial charge on any atom is 0.181 e. The highest BCUT2D eigenvalue weighted by molar-refractivity contribution is 9.08. The largest absolute Gasteiger partial charge is 0.472 e. The Kier molecular flexibility index (Phi) is 1.99. The van der Waals surface area contributed by atoms with Gasteiger partial charge in [-0.05, 0) is 6.07 Å². The molecule has 0 aliphatic rings. The number of nitrogens with zero attached hydrogens (tertiary/aromatic N) is 1. The minimum atomic E-state index is 0.685. The van der Waals surface area contributed by atoms with E-state index in [1.54, 1.807) is 12.5 Å². The van der Waals surface area contributed by atoms with Crippen molar-refractivity contribution in [1.29, 1.82) is 0 Å². The van der Waals surface area contributed by atoms with Crippen LogP contribution in [0.25, 0.3) is 11.3 Å². The molecule has 0 aliphatic carbocycles. The summed E-state index contributed by atoms with van der Waals surface area (Å²) in [5.41, 5.74) is 1.80. The number of rotatable bonds is 2. The molecule has 0 N–H and O–H groups in total. The predicted molar refractivity (Wildman–Crippen MR) is 46.8 cm³/mol. The van der Waals surface area contributed by atoms with Gasteiger partial charge in [-0.15, -0.1) is 0 Å². The quantitative estimate of drug-likeness (QED) is 0.741. The number of oxazole rings is 1. The van der Waals surface area contributed by atoms with E-state index in [1.807, 2.05) is 6.07 Å². The standard InChI is InChI=1S/C8H6BrNO2/c9-3-7-8(12-5-10-7)6-1-2-11-4-6/h1-2,4-5H,3H2. The van der Waals surface area contributed by atoms with Crippen LogP contribution in [-0.4, -0.2) is 4.98 Å². The zero-order valence-corrected chi connectivity index (χ0v) is 7.74. The van der Waals surface area contributed by atoms with E-state index in [9.17, 15) is 0 Å². The number of hydrogen-bond donors (Lipinski definition) is 0. The first-order valence-corrected chi connectivity index (χ1v) is 4.55. The van der Waals surface area contributed by atoms with Gasteiger partial charge in [0.25, 0.3) is 0 Å². The van der Waals surface area contributed by atoms with Crippen LogP contribution in [0.15, 0.2) is 33.8 Å². The van der Waals surface area contributed by atoms with E-state index in [-0.39, 0.29) is 0 Å². The Morgan fingerprint density at radius 3 is 3.08 bits per heavy atom. The highest BCUT2D eigenvalue weighted by Crippen LogP contribution is 2.24. The minimum Gasteiger partial charge on any atom is -0.472 e. The van der Waals surface area contributed by atoms with Crippen molar-refractivity contribution in [2.75, 3.05) is 0 Å². The lowest BCUT2D eigenvalue weighted by Crippen LogP contribution is -1.79. The zero-order chi connectivity index (χ0) is 8.39. The number of aromatic nitrogens is 1. The van der Waals surface area contributed by atoms with Crippen LogP contribution in [-0.2, 0) is 5.33 Å². The molecule has 3 nitrogen and oxygen atoms in total. The van der Waals surface area contributed by atoms with Gasteiger partial charge in [-0.1, -0.05) is 15.9 Å². The first-order valence-electron chi connectivity index (χ1n) is 3.42. The SMILES string of the molecule is BrCc1ncoc1-c1ccoc1. The van der Waals surface area contributed by atoms with Gasteiger partial charge >= 0.3 is 0 Å². The Labute approximate surface area is 77.5 Å². The molecule has 0 amide bonds. The zero-order valence-electron chi connectivity index (χ0n) is 6.16. The van der Waals surface area contributed by atoms with Crippen molar-refractivity contribution in [2.45, 2.75) is 5.33 Å². The molecule has 0 bridgehead atoms. The summed E-state index contributed by atoms with van der Waals surface area (Å²) in [5.74, 6) is 0.764. The number of alkyl halides is 1. The number of halogens is 1. The second kappa shape index (κ2) is 3.15. The van der Waals surface area contributed by atoms with Crippen molar-refractivity contribution in [3.05, 3.63) is 30.7 Å². The van der Waals surface area contributed by atoms with Crippen LogP contribution in [0.5, 0.6) is 0 Å². The number of furan rings is 1. The smallest absolute Gasteiger partial charge is 0.181 e. The Balaban J connectivity index is 2.46. The summed E-state index contributed by atoms with van der Waals surface area (Å²) < 4.78 is 10.1. The third-order valence-corrected chi connectivity index (χ3v) is 2.08. The minimum absolute atomic E-state index is 0.685. The topological polar surface area (TPSA) is 39.2 Å². The molecule has 0 unspecified atom stereocenters. The summed E-state index contributed by atoms with van der Waals surface area (Å²) in [4.78, 5) is 4.04. The van der Waals surface area contributed by atoms with Crippen molar-refractivity contribution in [3.63, 3.8) is 0 Å².